The number of allylic oxidation sites excluding steroid dienone is 2. The number of likely N-dealkylation sites (tertiary alicyclic amines) is 1. The molecule has 0 unspecified atom stereocenters. The molecule has 6 nitrogen and oxygen atoms in total. The maximum absolute atomic E-state index is 12.7. The summed E-state index contributed by atoms with van der Waals surface area (Å²) in [7, 11) is 0. The van der Waals surface area contributed by atoms with Gasteiger partial charge in [0.25, 0.3) is 0 Å². The van der Waals surface area contributed by atoms with E-state index in [4.69, 9.17) is 0 Å². The predicted octanol–water partition coefficient (Wildman–Crippen LogP) is 2.31. The number of fused-ring (bicyclic) bond motifs is 1. The first kappa shape index (κ1) is 16.8. The second-order valence-corrected chi connectivity index (χ2v) is 7.42. The third-order valence-corrected chi connectivity index (χ3v) is 5.75. The van der Waals surface area contributed by atoms with Crippen molar-refractivity contribution >= 4 is 23.5 Å². The Balaban J connectivity index is 1.32. The van der Waals surface area contributed by atoms with Gasteiger partial charge in [0, 0.05) is 18.8 Å². The molecule has 26 heavy (non-hydrogen) atoms. The van der Waals surface area contributed by atoms with Crippen LogP contribution in [0.5, 0.6) is 0 Å². The first-order valence-electron chi connectivity index (χ1n) is 9.19. The number of amides is 4. The standard InChI is InChI=1S/C20H23N3O3/c1-12-3-2-4-15(11-12)22-20(26)21-9-10-23-18(24)16-13-5-6-14(8-7-13)17(16)19(23)25/h2-6,11,13-14,16-17H,7-10H2,1H3,(H2,21,22,26)/t13-,14-,16-,17-/m0/s1. The number of benzene rings is 1. The van der Waals surface area contributed by atoms with Crippen molar-refractivity contribution in [1.82, 2.24) is 10.2 Å². The van der Waals surface area contributed by atoms with E-state index >= 15 is 0 Å². The van der Waals surface area contributed by atoms with Crippen LogP contribution in [0.15, 0.2) is 36.4 Å². The van der Waals surface area contributed by atoms with Crippen LogP contribution in [0, 0.1) is 30.6 Å². The lowest BCUT2D eigenvalue weighted by Gasteiger charge is -2.38. The molecule has 2 N–H and O–H groups in total. The van der Waals surface area contributed by atoms with E-state index in [0.717, 1.165) is 18.4 Å². The second kappa shape index (κ2) is 6.59. The molecule has 4 aliphatic rings. The molecule has 2 fully saturated rings. The van der Waals surface area contributed by atoms with Crippen molar-refractivity contribution in [3.63, 3.8) is 0 Å². The fourth-order valence-corrected chi connectivity index (χ4v) is 4.54. The molecular weight excluding hydrogens is 330 g/mol. The molecule has 1 saturated heterocycles. The maximum atomic E-state index is 12.7. The van der Waals surface area contributed by atoms with Gasteiger partial charge in [0.05, 0.1) is 11.8 Å². The summed E-state index contributed by atoms with van der Waals surface area (Å²) >= 11 is 0. The first-order chi connectivity index (χ1) is 12.5. The molecule has 1 aliphatic heterocycles. The van der Waals surface area contributed by atoms with Gasteiger partial charge in [-0.2, -0.15) is 0 Å². The Morgan fingerprint density at radius 1 is 1.12 bits per heavy atom. The zero-order valence-corrected chi connectivity index (χ0v) is 14.8. The summed E-state index contributed by atoms with van der Waals surface area (Å²) in [5.74, 6) is -0.118. The summed E-state index contributed by atoms with van der Waals surface area (Å²) in [5, 5.41) is 5.48. The largest absolute Gasteiger partial charge is 0.336 e. The predicted molar refractivity (Wildman–Crippen MR) is 97.3 cm³/mol. The monoisotopic (exact) mass is 353 g/mol. The quantitative estimate of drug-likeness (QED) is 0.644. The number of carbonyl (C=O) groups excluding carboxylic acids is 3. The number of nitrogens with zero attached hydrogens (tertiary/aromatic N) is 1. The topological polar surface area (TPSA) is 78.5 Å². The molecule has 0 spiro atoms. The van der Waals surface area contributed by atoms with Crippen molar-refractivity contribution in [3.8, 4) is 0 Å². The lowest BCUT2D eigenvalue weighted by molar-refractivity contribution is -0.140. The van der Waals surface area contributed by atoms with Crippen LogP contribution < -0.4 is 10.6 Å². The molecule has 1 aromatic rings. The highest BCUT2D eigenvalue weighted by atomic mass is 16.2. The minimum absolute atomic E-state index is 0.0695. The van der Waals surface area contributed by atoms with Crippen molar-refractivity contribution in [2.75, 3.05) is 18.4 Å². The van der Waals surface area contributed by atoms with Gasteiger partial charge < -0.3 is 10.6 Å². The van der Waals surface area contributed by atoms with Crippen molar-refractivity contribution < 1.29 is 14.4 Å². The van der Waals surface area contributed by atoms with Gasteiger partial charge in [-0.15, -0.1) is 0 Å². The average molecular weight is 353 g/mol. The van der Waals surface area contributed by atoms with E-state index < -0.39 is 0 Å². The van der Waals surface area contributed by atoms with E-state index in [9.17, 15) is 14.4 Å². The lowest BCUT2D eigenvalue weighted by Crippen LogP contribution is -2.40. The van der Waals surface area contributed by atoms with Crippen LogP contribution in [0.3, 0.4) is 0 Å². The Hall–Kier alpha value is -2.63. The zero-order valence-electron chi connectivity index (χ0n) is 14.8. The summed E-state index contributed by atoms with van der Waals surface area (Å²) in [6.07, 6.45) is 6.20. The molecule has 1 aromatic carbocycles. The highest BCUT2D eigenvalue weighted by Crippen LogP contribution is 2.49. The highest BCUT2D eigenvalue weighted by Gasteiger charge is 2.56. The van der Waals surface area contributed by atoms with Crippen molar-refractivity contribution in [2.45, 2.75) is 19.8 Å². The fourth-order valence-electron chi connectivity index (χ4n) is 4.54. The van der Waals surface area contributed by atoms with Crippen molar-refractivity contribution in [1.29, 1.82) is 0 Å². The van der Waals surface area contributed by atoms with Crippen LogP contribution in [0.2, 0.25) is 0 Å². The number of aryl methyl sites for hydroxylation is 1. The van der Waals surface area contributed by atoms with Crippen molar-refractivity contribution in [2.24, 2.45) is 23.7 Å². The number of anilines is 1. The molecule has 4 amide bonds. The number of rotatable bonds is 4. The van der Waals surface area contributed by atoms with Gasteiger partial charge >= 0.3 is 6.03 Å². The summed E-state index contributed by atoms with van der Waals surface area (Å²) in [4.78, 5) is 38.7. The van der Waals surface area contributed by atoms with E-state index in [1.54, 1.807) is 0 Å². The summed E-state index contributed by atoms with van der Waals surface area (Å²) in [5.41, 5.74) is 1.77. The summed E-state index contributed by atoms with van der Waals surface area (Å²) in [6, 6.07) is 7.17. The van der Waals surface area contributed by atoms with E-state index in [0.29, 0.717) is 5.69 Å². The van der Waals surface area contributed by atoms with Gasteiger partial charge in [0.2, 0.25) is 11.8 Å². The van der Waals surface area contributed by atoms with E-state index in [1.807, 2.05) is 31.2 Å². The normalized spacial score (nSPS) is 29.0. The molecule has 2 bridgehead atoms. The maximum Gasteiger partial charge on any atom is 0.319 e. The van der Waals surface area contributed by atoms with Crippen molar-refractivity contribution in [3.05, 3.63) is 42.0 Å². The number of nitrogens with one attached hydrogen (secondary N) is 2. The zero-order chi connectivity index (χ0) is 18.3. The van der Waals surface area contributed by atoms with E-state index in [-0.39, 0.29) is 54.6 Å². The molecule has 0 radical (unpaired) electrons. The van der Waals surface area contributed by atoms with Crippen LogP contribution in [-0.4, -0.2) is 35.8 Å². The molecule has 0 aromatic heterocycles. The van der Waals surface area contributed by atoms with Crippen LogP contribution in [-0.2, 0) is 9.59 Å². The van der Waals surface area contributed by atoms with E-state index in [2.05, 4.69) is 22.8 Å². The number of carbonyl (C=O) groups is 3. The number of hydrogen-bond acceptors (Lipinski definition) is 3. The van der Waals surface area contributed by atoms with Gasteiger partial charge in [-0.3, -0.25) is 14.5 Å². The Kier molecular flexibility index (Phi) is 4.26. The van der Waals surface area contributed by atoms with Crippen LogP contribution in [0.25, 0.3) is 0 Å². The highest BCUT2D eigenvalue weighted by molar-refractivity contribution is 6.06. The molecule has 3 aliphatic carbocycles. The van der Waals surface area contributed by atoms with Gasteiger partial charge in [-0.1, -0.05) is 24.3 Å². The van der Waals surface area contributed by atoms with Gasteiger partial charge in [0.1, 0.15) is 0 Å². The smallest absolute Gasteiger partial charge is 0.319 e. The van der Waals surface area contributed by atoms with Crippen LogP contribution in [0.4, 0.5) is 10.5 Å². The van der Waals surface area contributed by atoms with E-state index in [1.165, 1.54) is 4.90 Å². The number of hydrogen-bond donors (Lipinski definition) is 2. The SMILES string of the molecule is Cc1cccc(NC(=O)NCCN2C(=O)[C@@H]3[C@@H](C2=O)[C@H]2C=C[C@H]3CC2)c1. The average Bonchev–Trinajstić information content (AvgIpc) is 2.90. The minimum Gasteiger partial charge on any atom is -0.336 e. The molecule has 136 valence electrons. The molecule has 6 heteroatoms. The Labute approximate surface area is 152 Å². The summed E-state index contributed by atoms with van der Waals surface area (Å²) in [6.45, 7) is 2.43. The third kappa shape index (κ3) is 2.89. The molecule has 4 atom stereocenters. The van der Waals surface area contributed by atoms with Crippen LogP contribution in [0.1, 0.15) is 18.4 Å². The van der Waals surface area contributed by atoms with Gasteiger partial charge in [-0.05, 0) is 49.3 Å². The second-order valence-electron chi connectivity index (χ2n) is 7.42. The third-order valence-electron chi connectivity index (χ3n) is 5.75. The molecule has 5 rings (SSSR count). The Morgan fingerprint density at radius 2 is 1.77 bits per heavy atom. The number of urea groups is 1. The minimum atomic E-state index is -0.339. The van der Waals surface area contributed by atoms with Crippen LogP contribution >= 0.6 is 0 Å². The molecule has 1 saturated carbocycles. The Morgan fingerprint density at radius 3 is 2.35 bits per heavy atom. The van der Waals surface area contributed by atoms with Gasteiger partial charge in [-0.25, -0.2) is 4.79 Å². The number of imide groups is 1. The fraction of sp³-hybridized carbons (Fsp3) is 0.450. The summed E-state index contributed by atoms with van der Waals surface area (Å²) < 4.78 is 0. The Bertz CT molecular complexity index is 756. The first-order valence-corrected chi connectivity index (χ1v) is 9.19. The molecular formula is C20H23N3O3. The van der Waals surface area contributed by atoms with Gasteiger partial charge in [0.15, 0.2) is 0 Å². The lowest BCUT2D eigenvalue weighted by atomic mass is 9.63. The molecule has 1 heterocycles.